The Morgan fingerprint density at radius 3 is 2.68 bits per heavy atom. The molecule has 1 unspecified atom stereocenters. The van der Waals surface area contributed by atoms with Gasteiger partial charge in [-0.2, -0.15) is 5.10 Å². The molecule has 6 nitrogen and oxygen atoms in total. The van der Waals surface area contributed by atoms with E-state index in [1.54, 1.807) is 19.5 Å². The molecule has 1 fully saturated rings. The normalized spacial score (nSPS) is 16.8. The maximum Gasteiger partial charge on any atom is 0.235 e. The van der Waals surface area contributed by atoms with Gasteiger partial charge in [0.2, 0.25) is 10.0 Å². The molecule has 0 aliphatic heterocycles. The number of anilines is 1. The molecular formula is C18H25N3O3S. The number of ether oxygens (including phenoxy) is 1. The van der Waals surface area contributed by atoms with Gasteiger partial charge in [-0.05, 0) is 24.8 Å². The van der Waals surface area contributed by atoms with Crippen LogP contribution in [0.3, 0.4) is 0 Å². The van der Waals surface area contributed by atoms with E-state index in [0.717, 1.165) is 18.4 Å². The van der Waals surface area contributed by atoms with Crippen LogP contribution in [0.4, 0.5) is 5.69 Å². The fraction of sp³-hybridized carbons (Fsp3) is 0.500. The zero-order valence-electron chi connectivity index (χ0n) is 14.5. The number of methoxy groups -OCH3 is 1. The summed E-state index contributed by atoms with van der Waals surface area (Å²) in [5.41, 5.74) is 1.57. The van der Waals surface area contributed by atoms with E-state index in [9.17, 15) is 8.42 Å². The number of sulfonamides is 1. The SMILES string of the molecule is COC(Cc1ccccc1)CS(=O)(=O)Nc1cnn(C2CCCC2)c1. The lowest BCUT2D eigenvalue weighted by Gasteiger charge is -2.16. The Morgan fingerprint density at radius 1 is 1.28 bits per heavy atom. The minimum atomic E-state index is -3.50. The molecule has 1 saturated carbocycles. The van der Waals surface area contributed by atoms with Gasteiger partial charge in [0.05, 0.1) is 29.8 Å². The molecule has 1 aliphatic rings. The third-order valence-electron chi connectivity index (χ3n) is 4.62. The Morgan fingerprint density at radius 2 is 2.00 bits per heavy atom. The fourth-order valence-electron chi connectivity index (χ4n) is 3.31. The summed E-state index contributed by atoms with van der Waals surface area (Å²) in [6.45, 7) is 0. The first kappa shape index (κ1) is 17.9. The Hall–Kier alpha value is -1.86. The van der Waals surface area contributed by atoms with Crippen molar-refractivity contribution in [3.63, 3.8) is 0 Å². The van der Waals surface area contributed by atoms with Crippen molar-refractivity contribution in [1.82, 2.24) is 9.78 Å². The third-order valence-corrected chi connectivity index (χ3v) is 5.98. The summed E-state index contributed by atoms with van der Waals surface area (Å²) >= 11 is 0. The Balaban J connectivity index is 1.60. The van der Waals surface area contributed by atoms with Gasteiger partial charge in [0.15, 0.2) is 0 Å². The topological polar surface area (TPSA) is 73.2 Å². The van der Waals surface area contributed by atoms with E-state index < -0.39 is 16.1 Å². The lowest BCUT2D eigenvalue weighted by Crippen LogP contribution is -2.29. The molecule has 0 amide bonds. The monoisotopic (exact) mass is 363 g/mol. The van der Waals surface area contributed by atoms with Gasteiger partial charge >= 0.3 is 0 Å². The summed E-state index contributed by atoms with van der Waals surface area (Å²) < 4.78 is 34.8. The van der Waals surface area contributed by atoms with E-state index in [-0.39, 0.29) is 5.75 Å². The summed E-state index contributed by atoms with van der Waals surface area (Å²) in [5, 5.41) is 4.31. The van der Waals surface area contributed by atoms with Gasteiger partial charge in [-0.25, -0.2) is 8.42 Å². The van der Waals surface area contributed by atoms with Crippen molar-refractivity contribution >= 4 is 15.7 Å². The molecule has 0 saturated heterocycles. The van der Waals surface area contributed by atoms with E-state index in [0.29, 0.717) is 18.2 Å². The number of nitrogens with zero attached hydrogens (tertiary/aromatic N) is 2. The van der Waals surface area contributed by atoms with Crippen LogP contribution in [-0.4, -0.2) is 37.2 Å². The van der Waals surface area contributed by atoms with E-state index >= 15 is 0 Å². The second kappa shape index (κ2) is 8.01. The predicted molar refractivity (Wildman–Crippen MR) is 98.1 cm³/mol. The van der Waals surface area contributed by atoms with Crippen molar-refractivity contribution in [3.8, 4) is 0 Å². The van der Waals surface area contributed by atoms with E-state index in [1.807, 2.05) is 35.0 Å². The number of nitrogens with one attached hydrogen (secondary N) is 1. The summed E-state index contributed by atoms with van der Waals surface area (Å²) in [4.78, 5) is 0. The van der Waals surface area contributed by atoms with Crippen LogP contribution < -0.4 is 4.72 Å². The maximum atomic E-state index is 12.5. The highest BCUT2D eigenvalue weighted by Crippen LogP contribution is 2.29. The van der Waals surface area contributed by atoms with Crippen LogP contribution in [0.5, 0.6) is 0 Å². The van der Waals surface area contributed by atoms with Crippen molar-refractivity contribution in [2.45, 2.75) is 44.2 Å². The Bertz CT molecular complexity index is 768. The molecule has 1 atom stereocenters. The van der Waals surface area contributed by atoms with Gasteiger partial charge in [-0.1, -0.05) is 43.2 Å². The first-order valence-corrected chi connectivity index (χ1v) is 10.3. The van der Waals surface area contributed by atoms with Crippen LogP contribution in [0.2, 0.25) is 0 Å². The standard InChI is InChI=1S/C18H25N3O3S/c1-24-18(11-15-7-3-2-4-8-15)14-25(22,23)20-16-12-19-21(13-16)17-9-5-6-10-17/h2-4,7-8,12-13,17-18,20H,5-6,9-11,14H2,1H3. The van der Waals surface area contributed by atoms with Crippen molar-refractivity contribution in [2.75, 3.05) is 17.6 Å². The molecular weight excluding hydrogens is 338 g/mol. The van der Waals surface area contributed by atoms with Gasteiger partial charge in [0, 0.05) is 13.3 Å². The summed E-state index contributed by atoms with van der Waals surface area (Å²) in [7, 11) is -1.96. The summed E-state index contributed by atoms with van der Waals surface area (Å²) in [6, 6.07) is 10.1. The maximum absolute atomic E-state index is 12.5. The number of rotatable bonds is 8. The molecule has 1 aliphatic carbocycles. The van der Waals surface area contributed by atoms with Crippen LogP contribution in [0.1, 0.15) is 37.3 Å². The predicted octanol–water partition coefficient (Wildman–Crippen LogP) is 3.00. The lowest BCUT2D eigenvalue weighted by atomic mass is 10.1. The van der Waals surface area contributed by atoms with Crippen molar-refractivity contribution in [3.05, 3.63) is 48.3 Å². The number of aromatic nitrogens is 2. The highest BCUT2D eigenvalue weighted by molar-refractivity contribution is 7.92. The summed E-state index contributed by atoms with van der Waals surface area (Å²) in [5.74, 6) is -0.0903. The first-order chi connectivity index (χ1) is 12.1. The van der Waals surface area contributed by atoms with Crippen molar-refractivity contribution in [1.29, 1.82) is 0 Å². The van der Waals surface area contributed by atoms with E-state index in [2.05, 4.69) is 9.82 Å². The average molecular weight is 363 g/mol. The van der Waals surface area contributed by atoms with Gasteiger partial charge in [-0.3, -0.25) is 9.40 Å². The van der Waals surface area contributed by atoms with Crippen LogP contribution in [0, 0.1) is 0 Å². The molecule has 1 N–H and O–H groups in total. The van der Waals surface area contributed by atoms with Crippen LogP contribution >= 0.6 is 0 Å². The quantitative estimate of drug-likeness (QED) is 0.782. The summed E-state index contributed by atoms with van der Waals surface area (Å²) in [6.07, 6.45) is 8.15. The minimum absolute atomic E-state index is 0.0903. The Labute approximate surface area is 149 Å². The number of hydrogen-bond donors (Lipinski definition) is 1. The highest BCUT2D eigenvalue weighted by Gasteiger charge is 2.22. The van der Waals surface area contributed by atoms with Gasteiger partial charge in [-0.15, -0.1) is 0 Å². The molecule has 0 radical (unpaired) electrons. The number of hydrogen-bond acceptors (Lipinski definition) is 4. The van der Waals surface area contributed by atoms with Crippen molar-refractivity contribution < 1.29 is 13.2 Å². The van der Waals surface area contributed by atoms with Crippen LogP contribution in [-0.2, 0) is 21.2 Å². The van der Waals surface area contributed by atoms with Gasteiger partial charge in [0.25, 0.3) is 0 Å². The largest absolute Gasteiger partial charge is 0.380 e. The van der Waals surface area contributed by atoms with Crippen LogP contribution in [0.15, 0.2) is 42.7 Å². The van der Waals surface area contributed by atoms with E-state index in [4.69, 9.17) is 4.74 Å². The minimum Gasteiger partial charge on any atom is -0.380 e. The molecule has 1 aromatic heterocycles. The third kappa shape index (κ3) is 5.06. The molecule has 0 bridgehead atoms. The average Bonchev–Trinajstić information content (AvgIpc) is 3.26. The second-order valence-corrected chi connectivity index (χ2v) is 8.35. The zero-order valence-corrected chi connectivity index (χ0v) is 15.3. The first-order valence-electron chi connectivity index (χ1n) is 8.67. The van der Waals surface area contributed by atoms with Gasteiger partial charge < -0.3 is 4.74 Å². The highest BCUT2D eigenvalue weighted by atomic mass is 32.2. The van der Waals surface area contributed by atoms with Gasteiger partial charge in [0.1, 0.15) is 0 Å². The smallest absolute Gasteiger partial charge is 0.235 e. The van der Waals surface area contributed by atoms with E-state index in [1.165, 1.54) is 12.8 Å². The molecule has 7 heteroatoms. The molecule has 1 heterocycles. The zero-order chi connectivity index (χ0) is 17.7. The lowest BCUT2D eigenvalue weighted by molar-refractivity contribution is 0.121. The molecule has 0 spiro atoms. The molecule has 3 rings (SSSR count). The van der Waals surface area contributed by atoms with Crippen molar-refractivity contribution in [2.24, 2.45) is 0 Å². The molecule has 25 heavy (non-hydrogen) atoms. The second-order valence-electron chi connectivity index (χ2n) is 6.58. The number of benzene rings is 1. The molecule has 2 aromatic rings. The Kier molecular flexibility index (Phi) is 5.75. The fourth-order valence-corrected chi connectivity index (χ4v) is 4.60. The van der Waals surface area contributed by atoms with Crippen LogP contribution in [0.25, 0.3) is 0 Å². The molecule has 1 aromatic carbocycles. The molecule has 136 valence electrons.